The smallest absolute Gasteiger partial charge is 0.162 e. The van der Waals surface area contributed by atoms with Gasteiger partial charge in [-0.1, -0.05) is 115 Å². The van der Waals surface area contributed by atoms with Crippen molar-refractivity contribution in [1.82, 2.24) is 15.0 Å². The van der Waals surface area contributed by atoms with Crippen molar-refractivity contribution in [3.05, 3.63) is 140 Å². The van der Waals surface area contributed by atoms with E-state index >= 15 is 0 Å². The second-order valence-electron chi connectivity index (χ2n) is 10.0. The number of hydrogen-bond acceptors (Lipinski definition) is 4. The van der Waals surface area contributed by atoms with Gasteiger partial charge in [0.15, 0.2) is 5.82 Å². The molecule has 0 amide bonds. The molecule has 192 valence electrons. The van der Waals surface area contributed by atoms with E-state index in [0.717, 1.165) is 72.2 Å². The molecule has 0 unspecified atom stereocenters. The van der Waals surface area contributed by atoms with E-state index in [-0.39, 0.29) is 0 Å². The Morgan fingerprint density at radius 2 is 1.02 bits per heavy atom. The van der Waals surface area contributed by atoms with Crippen LogP contribution in [-0.4, -0.2) is 15.0 Å². The van der Waals surface area contributed by atoms with E-state index in [1.165, 1.54) is 0 Å². The molecule has 0 saturated heterocycles. The number of aromatic nitrogens is 3. The van der Waals surface area contributed by atoms with Crippen molar-refractivity contribution in [2.24, 2.45) is 0 Å². The van der Waals surface area contributed by atoms with Crippen LogP contribution in [0.2, 0.25) is 0 Å². The number of furan rings is 1. The van der Waals surface area contributed by atoms with Gasteiger partial charge in [-0.25, -0.2) is 15.0 Å². The molecular formula is C37H23N3O. The molecular weight excluding hydrogens is 502 g/mol. The van der Waals surface area contributed by atoms with Crippen LogP contribution in [0.25, 0.3) is 78.0 Å². The topological polar surface area (TPSA) is 51.8 Å². The SMILES string of the molecule is c1ccc(-c2cc(-c3ccccc3)nc(-c3cccc4c3nc(-c3ccccc3)c3c5ccccc5oc43)n2)cc1. The third-order valence-electron chi connectivity index (χ3n) is 7.49. The van der Waals surface area contributed by atoms with Crippen LogP contribution in [0.15, 0.2) is 144 Å². The maximum atomic E-state index is 6.52. The first-order valence-corrected chi connectivity index (χ1v) is 13.6. The molecule has 0 aliphatic rings. The van der Waals surface area contributed by atoms with Gasteiger partial charge in [-0.15, -0.1) is 0 Å². The standard InChI is InChI=1S/C37H23N3O/c1-4-13-24(14-5-1)30-23-31(25-15-6-2-7-16-25)39-37(38-30)29-21-12-20-28-35(29)40-34(26-17-8-3-9-18-26)33-27-19-10-11-22-32(27)41-36(28)33/h1-23H. The molecule has 5 aromatic carbocycles. The minimum Gasteiger partial charge on any atom is -0.455 e. The van der Waals surface area contributed by atoms with Crippen LogP contribution in [0.1, 0.15) is 0 Å². The molecule has 3 heterocycles. The number of nitrogens with zero attached hydrogens (tertiary/aromatic N) is 3. The fourth-order valence-electron chi connectivity index (χ4n) is 5.55. The Balaban J connectivity index is 1.46. The largest absolute Gasteiger partial charge is 0.455 e. The van der Waals surface area contributed by atoms with Gasteiger partial charge in [0.05, 0.1) is 28.0 Å². The predicted molar refractivity (Wildman–Crippen MR) is 166 cm³/mol. The lowest BCUT2D eigenvalue weighted by Crippen LogP contribution is -1.98. The van der Waals surface area contributed by atoms with Crippen LogP contribution in [0.3, 0.4) is 0 Å². The number of para-hydroxylation sites is 2. The maximum Gasteiger partial charge on any atom is 0.162 e. The predicted octanol–water partition coefficient (Wildman–Crippen LogP) is 9.59. The number of hydrogen-bond donors (Lipinski definition) is 0. The first kappa shape index (κ1) is 23.3. The van der Waals surface area contributed by atoms with Gasteiger partial charge >= 0.3 is 0 Å². The molecule has 0 fully saturated rings. The Hall–Kier alpha value is -5.61. The highest BCUT2D eigenvalue weighted by molar-refractivity contribution is 6.20. The second kappa shape index (κ2) is 9.54. The van der Waals surface area contributed by atoms with Crippen molar-refractivity contribution in [2.45, 2.75) is 0 Å². The summed E-state index contributed by atoms with van der Waals surface area (Å²) >= 11 is 0. The molecule has 8 aromatic rings. The molecule has 0 atom stereocenters. The van der Waals surface area contributed by atoms with Crippen molar-refractivity contribution < 1.29 is 4.42 Å². The van der Waals surface area contributed by atoms with Gasteiger partial charge in [-0.2, -0.15) is 0 Å². The van der Waals surface area contributed by atoms with Gasteiger partial charge in [0.2, 0.25) is 0 Å². The lowest BCUT2D eigenvalue weighted by Gasteiger charge is -2.12. The van der Waals surface area contributed by atoms with E-state index in [0.29, 0.717) is 5.82 Å². The summed E-state index contributed by atoms with van der Waals surface area (Å²) < 4.78 is 6.52. The Kier molecular flexibility index (Phi) is 5.42. The Morgan fingerprint density at radius 1 is 0.463 bits per heavy atom. The average Bonchev–Trinajstić information content (AvgIpc) is 3.45. The van der Waals surface area contributed by atoms with Gasteiger partial charge in [0.25, 0.3) is 0 Å². The zero-order chi connectivity index (χ0) is 27.2. The third-order valence-corrected chi connectivity index (χ3v) is 7.49. The van der Waals surface area contributed by atoms with Crippen LogP contribution in [-0.2, 0) is 0 Å². The van der Waals surface area contributed by atoms with E-state index in [1.54, 1.807) is 0 Å². The molecule has 4 nitrogen and oxygen atoms in total. The Labute approximate surface area is 236 Å². The number of fused-ring (bicyclic) bond motifs is 5. The molecule has 0 saturated carbocycles. The highest BCUT2D eigenvalue weighted by atomic mass is 16.3. The van der Waals surface area contributed by atoms with Gasteiger partial charge in [-0.3, -0.25) is 0 Å². The van der Waals surface area contributed by atoms with Crippen molar-refractivity contribution in [3.8, 4) is 45.2 Å². The maximum absolute atomic E-state index is 6.52. The van der Waals surface area contributed by atoms with E-state index < -0.39 is 0 Å². The quantitative estimate of drug-likeness (QED) is 0.230. The monoisotopic (exact) mass is 525 g/mol. The van der Waals surface area contributed by atoms with E-state index in [2.05, 4.69) is 60.7 Å². The molecule has 41 heavy (non-hydrogen) atoms. The summed E-state index contributed by atoms with van der Waals surface area (Å²) in [4.78, 5) is 15.5. The Morgan fingerprint density at radius 3 is 1.68 bits per heavy atom. The van der Waals surface area contributed by atoms with Gasteiger partial charge < -0.3 is 4.42 Å². The number of pyridine rings is 1. The van der Waals surface area contributed by atoms with Crippen molar-refractivity contribution >= 4 is 32.8 Å². The molecule has 0 N–H and O–H groups in total. The molecule has 0 spiro atoms. The summed E-state index contributed by atoms with van der Waals surface area (Å²) in [5.74, 6) is 0.623. The average molecular weight is 526 g/mol. The van der Waals surface area contributed by atoms with Gasteiger partial charge in [0, 0.05) is 33.0 Å². The fraction of sp³-hybridized carbons (Fsp3) is 0. The van der Waals surface area contributed by atoms with Crippen LogP contribution in [0.5, 0.6) is 0 Å². The minimum absolute atomic E-state index is 0.623. The van der Waals surface area contributed by atoms with E-state index in [9.17, 15) is 0 Å². The molecule has 0 aliphatic carbocycles. The first-order chi connectivity index (χ1) is 20.3. The van der Waals surface area contributed by atoms with E-state index in [4.69, 9.17) is 19.4 Å². The Bertz CT molecular complexity index is 2130. The summed E-state index contributed by atoms with van der Waals surface area (Å²) in [5, 5.41) is 3.00. The highest BCUT2D eigenvalue weighted by Crippen LogP contribution is 2.41. The normalized spacial score (nSPS) is 11.4. The summed E-state index contributed by atoms with van der Waals surface area (Å²) in [6.45, 7) is 0. The fourth-order valence-corrected chi connectivity index (χ4v) is 5.55. The van der Waals surface area contributed by atoms with Crippen LogP contribution in [0.4, 0.5) is 0 Å². The van der Waals surface area contributed by atoms with Crippen molar-refractivity contribution in [1.29, 1.82) is 0 Å². The molecule has 0 radical (unpaired) electrons. The summed E-state index contributed by atoms with van der Waals surface area (Å²) in [6.07, 6.45) is 0. The minimum atomic E-state index is 0.623. The summed E-state index contributed by atoms with van der Waals surface area (Å²) in [5.41, 5.74) is 9.03. The third kappa shape index (κ3) is 3.97. The number of rotatable bonds is 4. The zero-order valence-electron chi connectivity index (χ0n) is 22.0. The van der Waals surface area contributed by atoms with Crippen molar-refractivity contribution in [2.75, 3.05) is 0 Å². The highest BCUT2D eigenvalue weighted by Gasteiger charge is 2.21. The van der Waals surface area contributed by atoms with Crippen LogP contribution < -0.4 is 0 Å². The molecule has 3 aromatic heterocycles. The molecule has 0 aliphatic heterocycles. The molecule has 0 bridgehead atoms. The van der Waals surface area contributed by atoms with Gasteiger partial charge in [-0.05, 0) is 24.3 Å². The first-order valence-electron chi connectivity index (χ1n) is 13.6. The number of benzene rings is 5. The second-order valence-corrected chi connectivity index (χ2v) is 10.0. The van der Waals surface area contributed by atoms with Crippen LogP contribution in [0, 0.1) is 0 Å². The van der Waals surface area contributed by atoms with Crippen molar-refractivity contribution in [3.63, 3.8) is 0 Å². The summed E-state index contributed by atoms with van der Waals surface area (Å²) in [7, 11) is 0. The van der Waals surface area contributed by atoms with Gasteiger partial charge in [0.1, 0.15) is 11.2 Å². The van der Waals surface area contributed by atoms with E-state index in [1.807, 2.05) is 78.9 Å². The lowest BCUT2D eigenvalue weighted by molar-refractivity contribution is 0.672. The lowest BCUT2D eigenvalue weighted by atomic mass is 10.0. The summed E-state index contributed by atoms with van der Waals surface area (Å²) in [6, 6.07) is 47.1. The molecule has 8 rings (SSSR count). The molecule has 4 heteroatoms. The zero-order valence-corrected chi connectivity index (χ0v) is 22.0. The van der Waals surface area contributed by atoms with Crippen LogP contribution >= 0.6 is 0 Å².